The van der Waals surface area contributed by atoms with Crippen LogP contribution in [-0.4, -0.2) is 25.2 Å². The summed E-state index contributed by atoms with van der Waals surface area (Å²) in [7, 11) is 0. The molecule has 6 heteroatoms. The van der Waals surface area contributed by atoms with Gasteiger partial charge in [0.2, 0.25) is 5.91 Å². The largest absolute Gasteiger partial charge is 0.350 e. The SMILES string of the molecule is CCn1cc(CNC(=O)[C@H](C)n2ccnc2C(C)C)c(C)n1. The molecule has 0 radical (unpaired) electrons. The minimum Gasteiger partial charge on any atom is -0.350 e. The monoisotopic (exact) mass is 303 g/mol. The molecular weight excluding hydrogens is 278 g/mol. The molecule has 0 saturated heterocycles. The van der Waals surface area contributed by atoms with Crippen LogP contribution in [0.5, 0.6) is 0 Å². The number of rotatable bonds is 6. The summed E-state index contributed by atoms with van der Waals surface area (Å²) in [4.78, 5) is 16.7. The highest BCUT2D eigenvalue weighted by molar-refractivity contribution is 5.80. The minimum atomic E-state index is -0.276. The first kappa shape index (κ1) is 16.3. The highest BCUT2D eigenvalue weighted by Crippen LogP contribution is 2.17. The van der Waals surface area contributed by atoms with Crippen LogP contribution in [0.25, 0.3) is 0 Å². The van der Waals surface area contributed by atoms with E-state index in [1.807, 2.05) is 42.4 Å². The van der Waals surface area contributed by atoms with Crippen molar-refractivity contribution in [1.29, 1.82) is 0 Å². The topological polar surface area (TPSA) is 64.7 Å². The lowest BCUT2D eigenvalue weighted by molar-refractivity contribution is -0.124. The molecule has 0 aliphatic carbocycles. The summed E-state index contributed by atoms with van der Waals surface area (Å²) in [6.45, 7) is 11.4. The van der Waals surface area contributed by atoms with Crippen molar-refractivity contribution in [3.8, 4) is 0 Å². The molecule has 0 unspecified atom stereocenters. The van der Waals surface area contributed by atoms with E-state index in [1.54, 1.807) is 6.20 Å². The van der Waals surface area contributed by atoms with Crippen LogP contribution in [0, 0.1) is 6.92 Å². The Morgan fingerprint density at radius 2 is 2.09 bits per heavy atom. The molecule has 1 amide bonds. The molecule has 2 rings (SSSR count). The average molecular weight is 303 g/mol. The lowest BCUT2D eigenvalue weighted by Gasteiger charge is -2.17. The summed E-state index contributed by atoms with van der Waals surface area (Å²) in [5.74, 6) is 1.21. The fourth-order valence-corrected chi connectivity index (χ4v) is 2.45. The van der Waals surface area contributed by atoms with Crippen molar-refractivity contribution >= 4 is 5.91 Å². The third-order valence-electron chi connectivity index (χ3n) is 3.84. The van der Waals surface area contributed by atoms with Crippen LogP contribution in [0.2, 0.25) is 0 Å². The maximum Gasteiger partial charge on any atom is 0.243 e. The maximum atomic E-state index is 12.4. The Morgan fingerprint density at radius 3 is 2.68 bits per heavy atom. The molecule has 120 valence electrons. The smallest absolute Gasteiger partial charge is 0.243 e. The highest BCUT2D eigenvalue weighted by atomic mass is 16.2. The highest BCUT2D eigenvalue weighted by Gasteiger charge is 2.19. The summed E-state index contributed by atoms with van der Waals surface area (Å²) in [5, 5.41) is 7.38. The van der Waals surface area contributed by atoms with Gasteiger partial charge in [0.25, 0.3) is 0 Å². The van der Waals surface area contributed by atoms with E-state index in [-0.39, 0.29) is 17.9 Å². The quantitative estimate of drug-likeness (QED) is 0.891. The zero-order valence-electron chi connectivity index (χ0n) is 14.0. The molecule has 0 aromatic carbocycles. The Kier molecular flexibility index (Phi) is 5.00. The van der Waals surface area contributed by atoms with E-state index in [9.17, 15) is 4.79 Å². The Bertz CT molecular complexity index is 641. The van der Waals surface area contributed by atoms with Crippen LogP contribution in [0.3, 0.4) is 0 Å². The van der Waals surface area contributed by atoms with Gasteiger partial charge in [0, 0.05) is 43.2 Å². The molecule has 0 bridgehead atoms. The third-order valence-corrected chi connectivity index (χ3v) is 3.84. The number of nitrogens with one attached hydrogen (secondary N) is 1. The second-order valence-corrected chi connectivity index (χ2v) is 5.84. The molecule has 22 heavy (non-hydrogen) atoms. The first-order chi connectivity index (χ1) is 10.4. The van der Waals surface area contributed by atoms with Gasteiger partial charge >= 0.3 is 0 Å². The molecular formula is C16H25N5O. The zero-order valence-corrected chi connectivity index (χ0v) is 14.0. The summed E-state index contributed by atoms with van der Waals surface area (Å²) < 4.78 is 3.81. The average Bonchev–Trinajstić information content (AvgIpc) is 3.10. The Morgan fingerprint density at radius 1 is 1.36 bits per heavy atom. The third kappa shape index (κ3) is 3.37. The number of aryl methyl sites for hydroxylation is 2. The molecule has 1 N–H and O–H groups in total. The summed E-state index contributed by atoms with van der Waals surface area (Å²) in [6.07, 6.45) is 5.59. The standard InChI is InChI=1S/C16H25N5O/c1-6-20-10-14(12(4)19-20)9-18-16(22)13(5)21-8-7-17-15(21)11(2)3/h7-8,10-11,13H,6,9H2,1-5H3,(H,18,22)/t13-/m0/s1. The van der Waals surface area contributed by atoms with Gasteiger partial charge in [-0.05, 0) is 20.8 Å². The molecule has 0 saturated carbocycles. The summed E-state index contributed by atoms with van der Waals surface area (Å²) >= 11 is 0. The van der Waals surface area contributed by atoms with Gasteiger partial charge in [-0.25, -0.2) is 4.98 Å². The second kappa shape index (κ2) is 6.77. The molecule has 0 spiro atoms. The zero-order chi connectivity index (χ0) is 16.3. The lowest BCUT2D eigenvalue weighted by Crippen LogP contribution is -2.31. The number of imidazole rings is 1. The van der Waals surface area contributed by atoms with Gasteiger partial charge in [-0.1, -0.05) is 13.8 Å². The molecule has 2 aromatic heterocycles. The van der Waals surface area contributed by atoms with Crippen LogP contribution in [0.1, 0.15) is 56.7 Å². The number of carbonyl (C=O) groups excluding carboxylic acids is 1. The van der Waals surface area contributed by atoms with Gasteiger partial charge in [-0.3, -0.25) is 9.48 Å². The number of aromatic nitrogens is 4. The predicted octanol–water partition coefficient (Wildman–Crippen LogP) is 2.41. The number of hydrogen-bond acceptors (Lipinski definition) is 3. The summed E-state index contributed by atoms with van der Waals surface area (Å²) in [6, 6.07) is -0.276. The van der Waals surface area contributed by atoms with E-state index >= 15 is 0 Å². The molecule has 6 nitrogen and oxygen atoms in total. The Balaban J connectivity index is 2.02. The normalized spacial score (nSPS) is 12.6. The fraction of sp³-hybridized carbons (Fsp3) is 0.562. The van der Waals surface area contributed by atoms with E-state index in [2.05, 4.69) is 29.2 Å². The van der Waals surface area contributed by atoms with Gasteiger partial charge in [0.05, 0.1) is 5.69 Å². The number of carbonyl (C=O) groups is 1. The fourth-order valence-electron chi connectivity index (χ4n) is 2.45. The molecule has 0 aliphatic heterocycles. The van der Waals surface area contributed by atoms with Crippen LogP contribution in [-0.2, 0) is 17.9 Å². The van der Waals surface area contributed by atoms with E-state index in [1.165, 1.54) is 0 Å². The first-order valence-electron chi connectivity index (χ1n) is 7.77. The van der Waals surface area contributed by atoms with Crippen molar-refractivity contribution in [3.63, 3.8) is 0 Å². The van der Waals surface area contributed by atoms with Crippen molar-refractivity contribution in [2.75, 3.05) is 0 Å². The van der Waals surface area contributed by atoms with Gasteiger partial charge in [-0.15, -0.1) is 0 Å². The van der Waals surface area contributed by atoms with Gasteiger partial charge in [0.15, 0.2) is 0 Å². The molecule has 0 fully saturated rings. The van der Waals surface area contributed by atoms with Crippen LogP contribution < -0.4 is 5.32 Å². The van der Waals surface area contributed by atoms with Gasteiger partial charge in [-0.2, -0.15) is 5.10 Å². The van der Waals surface area contributed by atoms with Crippen LogP contribution in [0.15, 0.2) is 18.6 Å². The van der Waals surface area contributed by atoms with E-state index in [0.29, 0.717) is 6.54 Å². The number of nitrogens with zero attached hydrogens (tertiary/aromatic N) is 4. The van der Waals surface area contributed by atoms with Crippen molar-refractivity contribution in [3.05, 3.63) is 35.7 Å². The number of hydrogen-bond donors (Lipinski definition) is 1. The minimum absolute atomic E-state index is 0.0106. The van der Waals surface area contributed by atoms with E-state index in [4.69, 9.17) is 0 Å². The van der Waals surface area contributed by atoms with Gasteiger partial charge < -0.3 is 9.88 Å². The van der Waals surface area contributed by atoms with E-state index < -0.39 is 0 Å². The number of amides is 1. The van der Waals surface area contributed by atoms with Gasteiger partial charge in [0.1, 0.15) is 11.9 Å². The molecule has 0 aliphatic rings. The Labute approximate surface area is 131 Å². The van der Waals surface area contributed by atoms with E-state index in [0.717, 1.165) is 23.6 Å². The second-order valence-electron chi connectivity index (χ2n) is 5.84. The Hall–Kier alpha value is -2.11. The molecule has 2 heterocycles. The predicted molar refractivity (Wildman–Crippen MR) is 85.5 cm³/mol. The van der Waals surface area contributed by atoms with Crippen molar-refractivity contribution in [1.82, 2.24) is 24.6 Å². The first-order valence-corrected chi connectivity index (χ1v) is 7.77. The lowest BCUT2D eigenvalue weighted by atomic mass is 10.2. The maximum absolute atomic E-state index is 12.4. The van der Waals surface area contributed by atoms with Crippen molar-refractivity contribution < 1.29 is 4.79 Å². The van der Waals surface area contributed by atoms with Crippen LogP contribution >= 0.6 is 0 Å². The molecule has 2 aromatic rings. The molecule has 1 atom stereocenters. The van der Waals surface area contributed by atoms with Crippen LogP contribution in [0.4, 0.5) is 0 Å². The van der Waals surface area contributed by atoms with Crippen molar-refractivity contribution in [2.24, 2.45) is 0 Å². The van der Waals surface area contributed by atoms with Crippen molar-refractivity contribution in [2.45, 2.75) is 59.7 Å². The summed E-state index contributed by atoms with van der Waals surface area (Å²) in [5.41, 5.74) is 2.01.